The molecular formula is C10H20O. The predicted molar refractivity (Wildman–Crippen MR) is 49.5 cm³/mol. The van der Waals surface area contributed by atoms with E-state index in [4.69, 9.17) is 0 Å². The van der Waals surface area contributed by atoms with E-state index in [2.05, 4.69) is 19.9 Å². The topological polar surface area (TPSA) is 20.2 Å². The van der Waals surface area contributed by atoms with Gasteiger partial charge in [0.15, 0.2) is 0 Å². The SMILES string of the molecule is CCC(C)C/C=C/C(C)(C)O. The zero-order valence-electron chi connectivity index (χ0n) is 8.09. The van der Waals surface area contributed by atoms with E-state index in [1.165, 1.54) is 6.42 Å². The van der Waals surface area contributed by atoms with Crippen molar-refractivity contribution in [2.24, 2.45) is 5.92 Å². The van der Waals surface area contributed by atoms with Gasteiger partial charge in [-0.05, 0) is 26.2 Å². The molecule has 0 saturated carbocycles. The second-order valence-electron chi connectivity index (χ2n) is 3.81. The van der Waals surface area contributed by atoms with E-state index in [1.54, 1.807) is 13.8 Å². The van der Waals surface area contributed by atoms with Gasteiger partial charge in [0.1, 0.15) is 0 Å². The minimum Gasteiger partial charge on any atom is -0.386 e. The van der Waals surface area contributed by atoms with Crippen LogP contribution in [0.15, 0.2) is 12.2 Å². The second-order valence-corrected chi connectivity index (χ2v) is 3.81. The zero-order chi connectivity index (χ0) is 8.91. The van der Waals surface area contributed by atoms with Gasteiger partial charge < -0.3 is 5.11 Å². The Balaban J connectivity index is 3.61. The monoisotopic (exact) mass is 156 g/mol. The summed E-state index contributed by atoms with van der Waals surface area (Å²) in [5, 5.41) is 9.32. The molecule has 0 spiro atoms. The van der Waals surface area contributed by atoms with Crippen LogP contribution in [0.5, 0.6) is 0 Å². The maximum absolute atomic E-state index is 9.32. The van der Waals surface area contributed by atoms with Crippen molar-refractivity contribution in [3.8, 4) is 0 Å². The molecule has 1 atom stereocenters. The molecule has 0 amide bonds. The van der Waals surface area contributed by atoms with Gasteiger partial charge in [-0.1, -0.05) is 32.4 Å². The molecule has 1 heteroatoms. The smallest absolute Gasteiger partial charge is 0.0771 e. The van der Waals surface area contributed by atoms with Crippen LogP contribution in [0.1, 0.15) is 40.5 Å². The van der Waals surface area contributed by atoms with Crippen LogP contribution in [-0.4, -0.2) is 10.7 Å². The average molecular weight is 156 g/mol. The molecule has 0 radical (unpaired) electrons. The van der Waals surface area contributed by atoms with E-state index >= 15 is 0 Å². The summed E-state index contributed by atoms with van der Waals surface area (Å²) in [6.07, 6.45) is 6.20. The zero-order valence-corrected chi connectivity index (χ0v) is 8.09. The van der Waals surface area contributed by atoms with Crippen molar-refractivity contribution in [2.45, 2.75) is 46.1 Å². The van der Waals surface area contributed by atoms with Crippen molar-refractivity contribution in [3.63, 3.8) is 0 Å². The first-order valence-electron chi connectivity index (χ1n) is 4.35. The van der Waals surface area contributed by atoms with Gasteiger partial charge in [0, 0.05) is 0 Å². The molecule has 0 aromatic rings. The van der Waals surface area contributed by atoms with E-state index in [1.807, 2.05) is 6.08 Å². The van der Waals surface area contributed by atoms with Crippen LogP contribution in [0.3, 0.4) is 0 Å². The van der Waals surface area contributed by atoms with Crippen LogP contribution >= 0.6 is 0 Å². The Hall–Kier alpha value is -0.300. The third-order valence-corrected chi connectivity index (χ3v) is 1.76. The van der Waals surface area contributed by atoms with Gasteiger partial charge in [0.05, 0.1) is 5.60 Å². The fraction of sp³-hybridized carbons (Fsp3) is 0.800. The number of hydrogen-bond donors (Lipinski definition) is 1. The molecular weight excluding hydrogens is 136 g/mol. The first-order chi connectivity index (χ1) is 4.95. The summed E-state index contributed by atoms with van der Waals surface area (Å²) < 4.78 is 0. The highest BCUT2D eigenvalue weighted by atomic mass is 16.3. The summed E-state index contributed by atoms with van der Waals surface area (Å²) in [6, 6.07) is 0. The Kier molecular flexibility index (Phi) is 4.43. The van der Waals surface area contributed by atoms with Crippen LogP contribution in [0.4, 0.5) is 0 Å². The lowest BCUT2D eigenvalue weighted by atomic mass is 10.0. The molecule has 1 nitrogen and oxygen atoms in total. The highest BCUT2D eigenvalue weighted by molar-refractivity contribution is 4.95. The predicted octanol–water partition coefficient (Wildman–Crippen LogP) is 2.75. The minimum atomic E-state index is -0.645. The van der Waals surface area contributed by atoms with E-state index < -0.39 is 5.60 Å². The fourth-order valence-electron chi connectivity index (χ4n) is 0.755. The molecule has 1 unspecified atom stereocenters. The van der Waals surface area contributed by atoms with Crippen molar-refractivity contribution in [2.75, 3.05) is 0 Å². The molecule has 0 fully saturated rings. The Morgan fingerprint density at radius 2 is 2.00 bits per heavy atom. The maximum Gasteiger partial charge on any atom is 0.0771 e. The Morgan fingerprint density at radius 1 is 1.45 bits per heavy atom. The van der Waals surface area contributed by atoms with Crippen molar-refractivity contribution < 1.29 is 5.11 Å². The summed E-state index contributed by atoms with van der Waals surface area (Å²) in [5.74, 6) is 0.730. The van der Waals surface area contributed by atoms with E-state index in [9.17, 15) is 5.11 Å². The average Bonchev–Trinajstić information content (AvgIpc) is 1.85. The third kappa shape index (κ3) is 7.60. The molecule has 0 aromatic heterocycles. The highest BCUT2D eigenvalue weighted by Crippen LogP contribution is 2.09. The Labute approximate surface area is 70.1 Å². The molecule has 0 bridgehead atoms. The van der Waals surface area contributed by atoms with Gasteiger partial charge in [0.25, 0.3) is 0 Å². The third-order valence-electron chi connectivity index (χ3n) is 1.76. The van der Waals surface area contributed by atoms with Crippen LogP contribution in [0.2, 0.25) is 0 Å². The number of aliphatic hydroxyl groups is 1. The lowest BCUT2D eigenvalue weighted by Crippen LogP contribution is -2.13. The quantitative estimate of drug-likeness (QED) is 0.620. The van der Waals surface area contributed by atoms with Gasteiger partial charge >= 0.3 is 0 Å². The normalized spacial score (nSPS) is 15.7. The van der Waals surface area contributed by atoms with E-state index in [0.29, 0.717) is 0 Å². The molecule has 11 heavy (non-hydrogen) atoms. The summed E-state index contributed by atoms with van der Waals surface area (Å²) in [5.41, 5.74) is -0.645. The van der Waals surface area contributed by atoms with Gasteiger partial charge in [-0.15, -0.1) is 0 Å². The molecule has 0 heterocycles. The summed E-state index contributed by atoms with van der Waals surface area (Å²) in [6.45, 7) is 7.98. The van der Waals surface area contributed by atoms with Crippen molar-refractivity contribution in [1.82, 2.24) is 0 Å². The van der Waals surface area contributed by atoms with Crippen molar-refractivity contribution in [1.29, 1.82) is 0 Å². The van der Waals surface area contributed by atoms with Crippen LogP contribution in [0, 0.1) is 5.92 Å². The summed E-state index contributed by atoms with van der Waals surface area (Å²) >= 11 is 0. The van der Waals surface area contributed by atoms with Crippen molar-refractivity contribution >= 4 is 0 Å². The van der Waals surface area contributed by atoms with Gasteiger partial charge in [-0.3, -0.25) is 0 Å². The second kappa shape index (κ2) is 4.55. The van der Waals surface area contributed by atoms with Crippen LogP contribution in [0.25, 0.3) is 0 Å². The summed E-state index contributed by atoms with van der Waals surface area (Å²) in [4.78, 5) is 0. The lowest BCUT2D eigenvalue weighted by molar-refractivity contribution is 0.132. The first-order valence-corrected chi connectivity index (χ1v) is 4.35. The van der Waals surface area contributed by atoms with Gasteiger partial charge in [0.2, 0.25) is 0 Å². The molecule has 0 saturated heterocycles. The lowest BCUT2D eigenvalue weighted by Gasteiger charge is -2.11. The number of rotatable bonds is 4. The van der Waals surface area contributed by atoms with E-state index in [-0.39, 0.29) is 0 Å². The largest absolute Gasteiger partial charge is 0.386 e. The number of hydrogen-bond acceptors (Lipinski definition) is 1. The molecule has 0 aliphatic rings. The fourth-order valence-corrected chi connectivity index (χ4v) is 0.755. The van der Waals surface area contributed by atoms with Crippen LogP contribution < -0.4 is 0 Å². The van der Waals surface area contributed by atoms with Gasteiger partial charge in [-0.2, -0.15) is 0 Å². The molecule has 1 N–H and O–H groups in total. The molecule has 66 valence electrons. The first kappa shape index (κ1) is 10.7. The molecule has 0 aliphatic heterocycles. The van der Waals surface area contributed by atoms with Crippen molar-refractivity contribution in [3.05, 3.63) is 12.2 Å². The highest BCUT2D eigenvalue weighted by Gasteiger charge is 2.05. The molecule has 0 aromatic carbocycles. The van der Waals surface area contributed by atoms with Gasteiger partial charge in [-0.25, -0.2) is 0 Å². The molecule has 0 rings (SSSR count). The minimum absolute atomic E-state index is 0.645. The standard InChI is InChI=1S/C10H20O/c1-5-9(2)7-6-8-10(3,4)11/h6,8-9,11H,5,7H2,1-4H3/b8-6+. The van der Waals surface area contributed by atoms with E-state index in [0.717, 1.165) is 12.3 Å². The van der Waals surface area contributed by atoms with Crippen LogP contribution in [-0.2, 0) is 0 Å². The summed E-state index contributed by atoms with van der Waals surface area (Å²) in [7, 11) is 0. The Morgan fingerprint density at radius 3 is 2.36 bits per heavy atom. The molecule has 0 aliphatic carbocycles. The number of allylic oxidation sites excluding steroid dienone is 1. The maximum atomic E-state index is 9.32. The Bertz CT molecular complexity index is 119.